The van der Waals surface area contributed by atoms with Gasteiger partial charge in [0.2, 0.25) is 0 Å². The number of methoxy groups -OCH3 is 1. The van der Waals surface area contributed by atoms with Crippen molar-refractivity contribution < 1.29 is 9.53 Å². The van der Waals surface area contributed by atoms with Gasteiger partial charge in [0.25, 0.3) is 5.91 Å². The zero-order valence-electron chi connectivity index (χ0n) is 14.9. The van der Waals surface area contributed by atoms with Crippen molar-refractivity contribution in [1.29, 1.82) is 0 Å². The molecule has 1 aliphatic heterocycles. The second-order valence-corrected chi connectivity index (χ2v) is 7.46. The SMILES string of the molecule is COc1ccc(-c2cc(C(=O)N(C)C3CCNCC3)sc2C)cc1.Cl. The Morgan fingerprint density at radius 1 is 1.24 bits per heavy atom. The number of rotatable bonds is 4. The van der Waals surface area contributed by atoms with E-state index in [1.165, 1.54) is 4.88 Å². The minimum absolute atomic E-state index is 0. The third-order valence-corrected chi connectivity index (χ3v) is 5.74. The highest BCUT2D eigenvalue weighted by atomic mass is 35.5. The molecule has 1 aromatic carbocycles. The average Bonchev–Trinajstić information content (AvgIpc) is 3.03. The normalized spacial score (nSPS) is 14.7. The molecule has 1 aromatic heterocycles. The molecule has 0 atom stereocenters. The number of halogens is 1. The third kappa shape index (κ3) is 4.35. The van der Waals surface area contributed by atoms with Gasteiger partial charge in [0.05, 0.1) is 12.0 Å². The van der Waals surface area contributed by atoms with E-state index in [0.717, 1.165) is 47.7 Å². The van der Waals surface area contributed by atoms with Crippen molar-refractivity contribution in [3.63, 3.8) is 0 Å². The van der Waals surface area contributed by atoms with Gasteiger partial charge in [-0.05, 0) is 62.2 Å². The second-order valence-electron chi connectivity index (χ2n) is 6.21. The Bertz CT molecular complexity index is 709. The molecule has 6 heteroatoms. The number of nitrogens with zero attached hydrogens (tertiary/aromatic N) is 1. The number of benzene rings is 1. The van der Waals surface area contributed by atoms with Crippen LogP contribution in [0.3, 0.4) is 0 Å². The first-order valence-corrected chi connectivity index (χ1v) is 9.14. The Morgan fingerprint density at radius 2 is 1.88 bits per heavy atom. The van der Waals surface area contributed by atoms with Crippen molar-refractivity contribution in [2.75, 3.05) is 27.2 Å². The summed E-state index contributed by atoms with van der Waals surface area (Å²) in [6.45, 7) is 4.05. The fourth-order valence-electron chi connectivity index (χ4n) is 3.18. The minimum atomic E-state index is 0. The number of hydrogen-bond donors (Lipinski definition) is 1. The van der Waals surface area contributed by atoms with Gasteiger partial charge in [-0.25, -0.2) is 0 Å². The number of hydrogen-bond acceptors (Lipinski definition) is 4. The van der Waals surface area contributed by atoms with E-state index in [4.69, 9.17) is 4.74 Å². The van der Waals surface area contributed by atoms with E-state index in [-0.39, 0.29) is 18.3 Å². The Labute approximate surface area is 159 Å². The molecule has 25 heavy (non-hydrogen) atoms. The van der Waals surface area contributed by atoms with E-state index in [1.54, 1.807) is 18.4 Å². The van der Waals surface area contributed by atoms with E-state index < -0.39 is 0 Å². The molecule has 0 bridgehead atoms. The van der Waals surface area contributed by atoms with Gasteiger partial charge in [0, 0.05) is 18.0 Å². The van der Waals surface area contributed by atoms with Crippen molar-refractivity contribution in [2.24, 2.45) is 0 Å². The minimum Gasteiger partial charge on any atom is -0.497 e. The number of amides is 1. The zero-order chi connectivity index (χ0) is 17.1. The van der Waals surface area contributed by atoms with Crippen molar-refractivity contribution >= 4 is 29.7 Å². The molecular weight excluding hydrogens is 356 g/mol. The van der Waals surface area contributed by atoms with Crippen LogP contribution in [0.4, 0.5) is 0 Å². The van der Waals surface area contributed by atoms with Gasteiger partial charge in [-0.15, -0.1) is 23.7 Å². The number of nitrogens with one attached hydrogen (secondary N) is 1. The predicted octanol–water partition coefficient (Wildman–Crippen LogP) is 3.98. The first-order chi connectivity index (χ1) is 11.6. The highest BCUT2D eigenvalue weighted by Crippen LogP contribution is 2.33. The van der Waals surface area contributed by atoms with Crippen LogP contribution in [0.2, 0.25) is 0 Å². The molecule has 1 N–H and O–H groups in total. The number of carbonyl (C=O) groups is 1. The van der Waals surface area contributed by atoms with E-state index in [2.05, 4.69) is 12.2 Å². The van der Waals surface area contributed by atoms with Crippen LogP contribution in [0, 0.1) is 6.92 Å². The maximum atomic E-state index is 12.8. The number of piperidine rings is 1. The Morgan fingerprint density at radius 3 is 2.48 bits per heavy atom. The lowest BCUT2D eigenvalue weighted by molar-refractivity contribution is 0.0708. The summed E-state index contributed by atoms with van der Waals surface area (Å²) in [4.78, 5) is 16.7. The maximum absolute atomic E-state index is 12.8. The molecule has 0 spiro atoms. The largest absolute Gasteiger partial charge is 0.497 e. The number of ether oxygens (including phenoxy) is 1. The monoisotopic (exact) mass is 380 g/mol. The Balaban J connectivity index is 0.00000225. The predicted molar refractivity (Wildman–Crippen MR) is 106 cm³/mol. The molecule has 2 aromatic rings. The lowest BCUT2D eigenvalue weighted by Crippen LogP contribution is -2.43. The van der Waals surface area contributed by atoms with Gasteiger partial charge in [-0.3, -0.25) is 4.79 Å². The van der Waals surface area contributed by atoms with Gasteiger partial charge in [-0.2, -0.15) is 0 Å². The van der Waals surface area contributed by atoms with Crippen LogP contribution < -0.4 is 10.1 Å². The van der Waals surface area contributed by atoms with Crippen LogP contribution in [0.5, 0.6) is 5.75 Å². The van der Waals surface area contributed by atoms with E-state index in [0.29, 0.717) is 6.04 Å². The summed E-state index contributed by atoms with van der Waals surface area (Å²) in [6.07, 6.45) is 2.05. The summed E-state index contributed by atoms with van der Waals surface area (Å²) in [5.74, 6) is 0.975. The summed E-state index contributed by atoms with van der Waals surface area (Å²) in [6, 6.07) is 10.4. The summed E-state index contributed by atoms with van der Waals surface area (Å²) >= 11 is 1.58. The molecule has 4 nitrogen and oxygen atoms in total. The maximum Gasteiger partial charge on any atom is 0.263 e. The molecule has 2 heterocycles. The van der Waals surface area contributed by atoms with Gasteiger partial charge in [-0.1, -0.05) is 12.1 Å². The summed E-state index contributed by atoms with van der Waals surface area (Å²) in [7, 11) is 3.60. The topological polar surface area (TPSA) is 41.6 Å². The van der Waals surface area contributed by atoms with Gasteiger partial charge in [0.15, 0.2) is 0 Å². The van der Waals surface area contributed by atoms with Crippen molar-refractivity contribution in [3.8, 4) is 16.9 Å². The molecule has 0 aliphatic carbocycles. The molecular formula is C19H25ClN2O2S. The molecule has 1 fully saturated rings. The van der Waals surface area contributed by atoms with Crippen LogP contribution in [0.1, 0.15) is 27.4 Å². The summed E-state index contributed by atoms with van der Waals surface area (Å²) in [5.41, 5.74) is 2.25. The van der Waals surface area contributed by atoms with Crippen LogP contribution in [0.15, 0.2) is 30.3 Å². The van der Waals surface area contributed by atoms with Crippen molar-refractivity contribution in [3.05, 3.63) is 40.1 Å². The fourth-order valence-corrected chi connectivity index (χ4v) is 4.20. The molecule has 1 aliphatic rings. The molecule has 0 radical (unpaired) electrons. The lowest BCUT2D eigenvalue weighted by atomic mass is 10.0. The van der Waals surface area contributed by atoms with Gasteiger partial charge < -0.3 is 15.0 Å². The molecule has 1 saturated heterocycles. The Hall–Kier alpha value is -1.56. The number of carbonyl (C=O) groups excluding carboxylic acids is 1. The Kier molecular flexibility index (Phi) is 6.87. The smallest absolute Gasteiger partial charge is 0.263 e. The van der Waals surface area contributed by atoms with E-state index in [1.807, 2.05) is 42.3 Å². The van der Waals surface area contributed by atoms with Crippen LogP contribution >= 0.6 is 23.7 Å². The van der Waals surface area contributed by atoms with Gasteiger partial charge >= 0.3 is 0 Å². The number of aryl methyl sites for hydroxylation is 1. The molecule has 3 rings (SSSR count). The first kappa shape index (κ1) is 19.8. The van der Waals surface area contributed by atoms with Crippen LogP contribution in [-0.4, -0.2) is 44.1 Å². The average molecular weight is 381 g/mol. The third-order valence-electron chi connectivity index (χ3n) is 4.71. The van der Waals surface area contributed by atoms with Gasteiger partial charge in [0.1, 0.15) is 5.75 Å². The molecule has 136 valence electrons. The fraction of sp³-hybridized carbons (Fsp3) is 0.421. The summed E-state index contributed by atoms with van der Waals surface area (Å²) < 4.78 is 5.21. The lowest BCUT2D eigenvalue weighted by Gasteiger charge is -2.31. The van der Waals surface area contributed by atoms with E-state index in [9.17, 15) is 4.79 Å². The molecule has 1 amide bonds. The van der Waals surface area contributed by atoms with Crippen molar-refractivity contribution in [2.45, 2.75) is 25.8 Å². The first-order valence-electron chi connectivity index (χ1n) is 8.33. The highest BCUT2D eigenvalue weighted by molar-refractivity contribution is 7.14. The molecule has 0 unspecified atom stereocenters. The van der Waals surface area contributed by atoms with Crippen LogP contribution in [0.25, 0.3) is 11.1 Å². The molecule has 0 saturated carbocycles. The van der Waals surface area contributed by atoms with E-state index >= 15 is 0 Å². The number of thiophene rings is 1. The standard InChI is InChI=1S/C19H24N2O2S.ClH/c1-13-17(14-4-6-16(23-3)7-5-14)12-18(24-13)19(22)21(2)15-8-10-20-11-9-15;/h4-7,12,15,20H,8-11H2,1-3H3;1H. The van der Waals surface area contributed by atoms with Crippen molar-refractivity contribution in [1.82, 2.24) is 10.2 Å². The quantitative estimate of drug-likeness (QED) is 0.872. The zero-order valence-corrected chi connectivity index (χ0v) is 16.5. The van der Waals surface area contributed by atoms with Crippen LogP contribution in [-0.2, 0) is 0 Å². The highest BCUT2D eigenvalue weighted by Gasteiger charge is 2.24. The summed E-state index contributed by atoms with van der Waals surface area (Å²) in [5, 5.41) is 3.35. The second kappa shape index (κ2) is 8.70.